The smallest absolute Gasteiger partial charge is 0.338 e. The van der Waals surface area contributed by atoms with Gasteiger partial charge in [0, 0.05) is 15.1 Å². The molecule has 0 saturated heterocycles. The number of ether oxygens (including phenoxy) is 1. The first kappa shape index (κ1) is 21.8. The normalized spacial score (nSPS) is 16.2. The van der Waals surface area contributed by atoms with Gasteiger partial charge in [-0.15, -0.1) is 0 Å². The lowest BCUT2D eigenvalue weighted by Crippen LogP contribution is -2.39. The number of allylic oxidation sites excluding steroid dienone is 1. The van der Waals surface area contributed by atoms with Crippen LogP contribution in [0.25, 0.3) is 6.08 Å². The molecule has 158 valence electrons. The summed E-state index contributed by atoms with van der Waals surface area (Å²) in [5.41, 5.74) is 1.88. The number of fused-ring (bicyclic) bond motifs is 1. The van der Waals surface area contributed by atoms with E-state index in [4.69, 9.17) is 39.5 Å². The van der Waals surface area contributed by atoms with Crippen LogP contribution in [0.4, 0.5) is 0 Å². The van der Waals surface area contributed by atoms with Gasteiger partial charge in [0.05, 0.1) is 29.0 Å². The Morgan fingerprint density at radius 2 is 1.81 bits per heavy atom. The molecule has 1 aromatic heterocycles. The van der Waals surface area contributed by atoms with Gasteiger partial charge in [0.2, 0.25) is 0 Å². The number of thiazole rings is 1. The van der Waals surface area contributed by atoms with Crippen molar-refractivity contribution in [1.29, 1.82) is 0 Å². The van der Waals surface area contributed by atoms with Gasteiger partial charge in [-0.2, -0.15) is 0 Å². The molecule has 0 bridgehead atoms. The van der Waals surface area contributed by atoms with Crippen molar-refractivity contribution in [3.63, 3.8) is 0 Å². The molecule has 9 heteroatoms. The summed E-state index contributed by atoms with van der Waals surface area (Å²) in [5, 5.41) is 1.48. The van der Waals surface area contributed by atoms with Crippen molar-refractivity contribution in [1.82, 2.24) is 4.57 Å². The molecule has 31 heavy (non-hydrogen) atoms. The monoisotopic (exact) mass is 492 g/mol. The minimum Gasteiger partial charge on any atom is -0.466 e. The molecular weight excluding hydrogens is 479 g/mol. The van der Waals surface area contributed by atoms with Crippen LogP contribution in [-0.2, 0) is 9.53 Å². The van der Waals surface area contributed by atoms with Crippen LogP contribution in [0.5, 0.6) is 0 Å². The summed E-state index contributed by atoms with van der Waals surface area (Å²) in [6, 6.07) is 11.3. The summed E-state index contributed by atoms with van der Waals surface area (Å²) >= 11 is 19.5. The van der Waals surface area contributed by atoms with Gasteiger partial charge < -0.3 is 4.74 Å². The van der Waals surface area contributed by atoms with Crippen LogP contribution in [0.1, 0.15) is 24.1 Å². The number of carbonyl (C=O) groups is 1. The zero-order chi connectivity index (χ0) is 22.3. The van der Waals surface area contributed by atoms with Gasteiger partial charge in [0.1, 0.15) is 0 Å². The molecule has 0 aliphatic carbocycles. The molecule has 4 rings (SSSR count). The van der Waals surface area contributed by atoms with Crippen LogP contribution < -0.4 is 14.9 Å². The molecule has 1 aliphatic heterocycles. The second-order valence-electron chi connectivity index (χ2n) is 6.79. The summed E-state index contributed by atoms with van der Waals surface area (Å²) < 4.78 is 6.92. The van der Waals surface area contributed by atoms with Crippen LogP contribution >= 0.6 is 46.1 Å². The maximum atomic E-state index is 13.4. The molecule has 5 nitrogen and oxygen atoms in total. The second-order valence-corrected chi connectivity index (χ2v) is 9.08. The number of hydrogen-bond acceptors (Lipinski definition) is 5. The Labute approximate surface area is 196 Å². The molecule has 0 N–H and O–H groups in total. The molecule has 0 radical (unpaired) electrons. The van der Waals surface area contributed by atoms with E-state index >= 15 is 0 Å². The highest BCUT2D eigenvalue weighted by Gasteiger charge is 2.33. The van der Waals surface area contributed by atoms with Crippen molar-refractivity contribution in [3.05, 3.63) is 99.6 Å². The summed E-state index contributed by atoms with van der Waals surface area (Å²) in [5.74, 6) is -0.545. The van der Waals surface area contributed by atoms with E-state index in [1.54, 1.807) is 55.5 Å². The zero-order valence-electron chi connectivity index (χ0n) is 16.4. The van der Waals surface area contributed by atoms with Crippen LogP contribution in [-0.4, -0.2) is 17.6 Å². The topological polar surface area (TPSA) is 60.7 Å². The molecule has 0 unspecified atom stereocenters. The third kappa shape index (κ3) is 4.08. The van der Waals surface area contributed by atoms with Gasteiger partial charge in [-0.25, -0.2) is 9.79 Å². The van der Waals surface area contributed by atoms with E-state index in [2.05, 4.69) is 4.99 Å². The number of aromatic nitrogens is 1. The lowest BCUT2D eigenvalue weighted by atomic mass is 9.96. The maximum absolute atomic E-state index is 13.4. The number of methoxy groups -OCH3 is 1. The second kappa shape index (κ2) is 8.63. The highest BCUT2D eigenvalue weighted by atomic mass is 35.5. The van der Waals surface area contributed by atoms with E-state index in [0.717, 1.165) is 5.56 Å². The van der Waals surface area contributed by atoms with Gasteiger partial charge in [0.15, 0.2) is 4.80 Å². The summed E-state index contributed by atoms with van der Waals surface area (Å²) in [6.45, 7) is 1.72. The first-order valence-electron chi connectivity index (χ1n) is 9.11. The molecule has 0 saturated carbocycles. The minimum atomic E-state index is -0.691. The van der Waals surface area contributed by atoms with E-state index in [1.165, 1.54) is 23.0 Å². The Morgan fingerprint density at radius 3 is 2.45 bits per heavy atom. The summed E-state index contributed by atoms with van der Waals surface area (Å²) in [4.78, 5) is 31.0. The van der Waals surface area contributed by atoms with Gasteiger partial charge in [-0.1, -0.05) is 64.3 Å². The van der Waals surface area contributed by atoms with E-state index in [1.807, 2.05) is 0 Å². The highest BCUT2D eigenvalue weighted by molar-refractivity contribution is 7.07. The molecule has 0 fully saturated rings. The average Bonchev–Trinajstić information content (AvgIpc) is 3.04. The van der Waals surface area contributed by atoms with Crippen molar-refractivity contribution in [3.8, 4) is 0 Å². The number of rotatable bonds is 3. The predicted octanol–water partition coefficient (Wildman–Crippen LogP) is 4.37. The lowest BCUT2D eigenvalue weighted by molar-refractivity contribution is -0.136. The standard InChI is InChI=1S/C22H15Cl3N2O3S/c1-11-18(21(29)30-2)19(12-3-6-14(23)7-4-12)27-20(28)17(31-22(27)26-11)9-13-5-8-15(24)10-16(13)25/h3-10,19H,1-2H3/b17-9+/t19-/m0/s1. The molecule has 0 amide bonds. The summed E-state index contributed by atoms with van der Waals surface area (Å²) in [6.07, 6.45) is 1.69. The largest absolute Gasteiger partial charge is 0.466 e. The third-order valence-corrected chi connectivity index (χ3v) is 6.66. The van der Waals surface area contributed by atoms with Crippen LogP contribution in [0.15, 0.2) is 63.5 Å². The van der Waals surface area contributed by atoms with Crippen molar-refractivity contribution < 1.29 is 9.53 Å². The maximum Gasteiger partial charge on any atom is 0.338 e. The zero-order valence-corrected chi connectivity index (χ0v) is 19.4. The summed E-state index contributed by atoms with van der Waals surface area (Å²) in [7, 11) is 1.30. The average molecular weight is 494 g/mol. The minimum absolute atomic E-state index is 0.288. The number of carbonyl (C=O) groups excluding carboxylic acids is 1. The number of nitrogens with zero attached hydrogens (tertiary/aromatic N) is 2. The van der Waals surface area contributed by atoms with Crippen molar-refractivity contribution in [2.75, 3.05) is 7.11 Å². The number of esters is 1. The van der Waals surface area contributed by atoms with Crippen molar-refractivity contribution in [2.45, 2.75) is 13.0 Å². The third-order valence-electron chi connectivity index (χ3n) is 4.86. The van der Waals surface area contributed by atoms with Crippen LogP contribution in [0.3, 0.4) is 0 Å². The SMILES string of the molecule is COC(=O)C1=C(C)N=c2s/c(=C/c3ccc(Cl)cc3Cl)c(=O)n2[C@H]1c1ccc(Cl)cc1. The highest BCUT2D eigenvalue weighted by Crippen LogP contribution is 2.31. The fourth-order valence-corrected chi connectivity index (χ4v) is 5.04. The van der Waals surface area contributed by atoms with Crippen molar-refractivity contribution in [2.24, 2.45) is 4.99 Å². The molecule has 2 aromatic carbocycles. The predicted molar refractivity (Wildman–Crippen MR) is 124 cm³/mol. The molecular formula is C22H15Cl3N2O3S. The molecule has 3 aromatic rings. The van der Waals surface area contributed by atoms with Gasteiger partial charge in [-0.3, -0.25) is 9.36 Å². The number of halogens is 3. The molecule has 1 atom stereocenters. The first-order valence-corrected chi connectivity index (χ1v) is 11.1. The Balaban J connectivity index is 1.98. The van der Waals surface area contributed by atoms with E-state index in [0.29, 0.717) is 41.2 Å². The molecule has 1 aliphatic rings. The lowest BCUT2D eigenvalue weighted by Gasteiger charge is -2.24. The van der Waals surface area contributed by atoms with E-state index in [-0.39, 0.29) is 5.56 Å². The Hall–Kier alpha value is -2.38. The molecule has 0 spiro atoms. The Kier molecular flexibility index (Phi) is 6.08. The first-order chi connectivity index (χ1) is 14.8. The molecule has 2 heterocycles. The Morgan fingerprint density at radius 1 is 1.13 bits per heavy atom. The van der Waals surface area contributed by atoms with Gasteiger partial charge in [-0.05, 0) is 48.4 Å². The number of benzene rings is 2. The van der Waals surface area contributed by atoms with Crippen LogP contribution in [0.2, 0.25) is 15.1 Å². The van der Waals surface area contributed by atoms with Crippen LogP contribution in [0, 0.1) is 0 Å². The van der Waals surface area contributed by atoms with E-state index in [9.17, 15) is 9.59 Å². The van der Waals surface area contributed by atoms with Crippen molar-refractivity contribution >= 4 is 58.2 Å². The fraction of sp³-hybridized carbons (Fsp3) is 0.136. The number of hydrogen-bond donors (Lipinski definition) is 0. The quantitative estimate of drug-likeness (QED) is 0.509. The Bertz CT molecular complexity index is 1410. The van der Waals surface area contributed by atoms with Gasteiger partial charge in [0.25, 0.3) is 5.56 Å². The van der Waals surface area contributed by atoms with Gasteiger partial charge >= 0.3 is 5.97 Å². The van der Waals surface area contributed by atoms with E-state index < -0.39 is 12.0 Å². The fourth-order valence-electron chi connectivity index (χ4n) is 3.41.